The Bertz CT molecular complexity index is 983. The van der Waals surface area contributed by atoms with E-state index < -0.39 is 17.9 Å². The third kappa shape index (κ3) is 6.79. The molecule has 0 aliphatic heterocycles. The van der Waals surface area contributed by atoms with E-state index in [1.165, 1.54) is 49.6 Å². The minimum Gasteiger partial charge on any atom is -0.462 e. The molecule has 0 saturated heterocycles. The summed E-state index contributed by atoms with van der Waals surface area (Å²) in [5.74, 6) is -0.637. The summed E-state index contributed by atoms with van der Waals surface area (Å²) in [7, 11) is 0. The number of carbonyl (C=O) groups excluding carboxylic acids is 3. The van der Waals surface area contributed by atoms with Gasteiger partial charge in [0.1, 0.15) is 29.8 Å². The maximum absolute atomic E-state index is 12.2. The number of carbonyl (C=O) groups is 3. The van der Waals surface area contributed by atoms with E-state index in [2.05, 4.69) is 13.2 Å². The predicted octanol–water partition coefficient (Wildman–Crippen LogP) is 4.36. The first-order chi connectivity index (χ1) is 14.3. The molecule has 0 heterocycles. The molecule has 2 aromatic carbocycles. The Kier molecular flexibility index (Phi) is 7.70. The van der Waals surface area contributed by atoms with Crippen LogP contribution in [0.3, 0.4) is 0 Å². The van der Waals surface area contributed by atoms with Gasteiger partial charge in [0, 0.05) is 11.1 Å². The number of rotatable bonds is 8. The van der Waals surface area contributed by atoms with Gasteiger partial charge in [-0.15, -0.1) is 0 Å². The van der Waals surface area contributed by atoms with Crippen LogP contribution in [0.15, 0.2) is 85.4 Å². The number of esters is 3. The molecular formula is C23H20O7. The van der Waals surface area contributed by atoms with Gasteiger partial charge in [-0.05, 0) is 62.4 Å². The van der Waals surface area contributed by atoms with E-state index in [4.69, 9.17) is 18.9 Å². The summed E-state index contributed by atoms with van der Waals surface area (Å²) < 4.78 is 20.4. The average molecular weight is 408 g/mol. The first kappa shape index (κ1) is 22.2. The van der Waals surface area contributed by atoms with Gasteiger partial charge >= 0.3 is 17.9 Å². The second kappa shape index (κ2) is 10.4. The van der Waals surface area contributed by atoms with Crippen molar-refractivity contribution in [2.24, 2.45) is 0 Å². The second-order valence-corrected chi connectivity index (χ2v) is 6.13. The van der Waals surface area contributed by atoms with E-state index in [1.54, 1.807) is 19.1 Å². The molecular weight excluding hydrogens is 388 g/mol. The molecule has 7 heteroatoms. The summed E-state index contributed by atoms with van der Waals surface area (Å²) in [5.41, 5.74) is 0.851. The summed E-state index contributed by atoms with van der Waals surface area (Å²) in [6.07, 6.45) is 2.28. The molecule has 2 aromatic rings. The number of hydrogen-bond donors (Lipinski definition) is 0. The summed E-state index contributed by atoms with van der Waals surface area (Å²) in [6.45, 7) is 10.0. The second-order valence-electron chi connectivity index (χ2n) is 6.13. The highest BCUT2D eigenvalue weighted by atomic mass is 16.5. The van der Waals surface area contributed by atoms with E-state index >= 15 is 0 Å². The monoisotopic (exact) mass is 408 g/mol. The summed E-state index contributed by atoms with van der Waals surface area (Å²) in [6, 6.07) is 12.2. The lowest BCUT2D eigenvalue weighted by molar-refractivity contribution is -0.133. The molecule has 154 valence electrons. The topological polar surface area (TPSA) is 88.1 Å². The molecule has 0 bridgehead atoms. The standard InChI is InChI=1S/C23H20O7/c1-15(2)21(24)28-14-13-27-18-7-5-17(6-8-18)23(26)30-20-11-9-19(10-12-20)29-22(25)16(3)4/h5-14H,1,3H2,2,4H3/b14-13-. The van der Waals surface area contributed by atoms with E-state index in [0.717, 1.165) is 6.26 Å². The minimum atomic E-state index is -0.570. The molecule has 0 spiro atoms. The van der Waals surface area contributed by atoms with Crippen LogP contribution in [0.4, 0.5) is 0 Å². The van der Waals surface area contributed by atoms with Gasteiger partial charge in [-0.25, -0.2) is 14.4 Å². The largest absolute Gasteiger partial charge is 0.462 e. The van der Waals surface area contributed by atoms with Crippen LogP contribution in [0.2, 0.25) is 0 Å². The lowest BCUT2D eigenvalue weighted by Gasteiger charge is -2.07. The number of benzene rings is 2. The van der Waals surface area contributed by atoms with Gasteiger partial charge in [0.05, 0.1) is 5.56 Å². The lowest BCUT2D eigenvalue weighted by Crippen LogP contribution is -2.09. The highest BCUT2D eigenvalue weighted by molar-refractivity contribution is 5.91. The van der Waals surface area contributed by atoms with Crippen molar-refractivity contribution in [3.8, 4) is 17.2 Å². The molecule has 0 atom stereocenters. The van der Waals surface area contributed by atoms with Crippen LogP contribution in [-0.2, 0) is 14.3 Å². The van der Waals surface area contributed by atoms with Gasteiger partial charge in [-0.3, -0.25) is 0 Å². The molecule has 0 aliphatic carbocycles. The first-order valence-corrected chi connectivity index (χ1v) is 8.74. The van der Waals surface area contributed by atoms with Crippen LogP contribution in [0.5, 0.6) is 17.2 Å². The van der Waals surface area contributed by atoms with Crippen molar-refractivity contribution in [3.05, 3.63) is 90.9 Å². The van der Waals surface area contributed by atoms with E-state index in [1.807, 2.05) is 0 Å². The molecule has 2 rings (SSSR count). The summed E-state index contributed by atoms with van der Waals surface area (Å²) in [4.78, 5) is 34.9. The molecule has 0 amide bonds. The fourth-order valence-corrected chi connectivity index (χ4v) is 1.90. The molecule has 0 radical (unpaired) electrons. The third-order valence-corrected chi connectivity index (χ3v) is 3.47. The predicted molar refractivity (Wildman–Crippen MR) is 109 cm³/mol. The molecule has 0 fully saturated rings. The normalized spacial score (nSPS) is 10.2. The van der Waals surface area contributed by atoms with Crippen molar-refractivity contribution in [1.82, 2.24) is 0 Å². The van der Waals surface area contributed by atoms with Gasteiger partial charge in [0.15, 0.2) is 0 Å². The van der Waals surface area contributed by atoms with Crippen molar-refractivity contribution >= 4 is 17.9 Å². The van der Waals surface area contributed by atoms with Gasteiger partial charge < -0.3 is 18.9 Å². The van der Waals surface area contributed by atoms with Crippen molar-refractivity contribution in [3.63, 3.8) is 0 Å². The maximum atomic E-state index is 12.2. The lowest BCUT2D eigenvalue weighted by atomic mass is 10.2. The van der Waals surface area contributed by atoms with Gasteiger partial charge in [-0.2, -0.15) is 0 Å². The van der Waals surface area contributed by atoms with Crippen LogP contribution in [-0.4, -0.2) is 17.9 Å². The van der Waals surface area contributed by atoms with Crippen LogP contribution in [0, 0.1) is 0 Å². The van der Waals surface area contributed by atoms with Crippen molar-refractivity contribution in [1.29, 1.82) is 0 Å². The maximum Gasteiger partial charge on any atom is 0.343 e. The van der Waals surface area contributed by atoms with E-state index in [0.29, 0.717) is 17.1 Å². The Morgan fingerprint density at radius 1 is 0.700 bits per heavy atom. The van der Waals surface area contributed by atoms with Gasteiger partial charge in [0.25, 0.3) is 0 Å². The van der Waals surface area contributed by atoms with Crippen LogP contribution in [0.25, 0.3) is 0 Å². The minimum absolute atomic E-state index is 0.269. The Balaban J connectivity index is 1.89. The Morgan fingerprint density at radius 3 is 1.73 bits per heavy atom. The SMILES string of the molecule is C=C(C)C(=O)O/C=C\Oc1ccc(C(=O)Oc2ccc(OC(=O)C(=C)C)cc2)cc1. The Morgan fingerprint density at radius 2 is 1.20 bits per heavy atom. The zero-order chi connectivity index (χ0) is 22.1. The molecule has 0 unspecified atom stereocenters. The third-order valence-electron chi connectivity index (χ3n) is 3.47. The number of ether oxygens (including phenoxy) is 4. The molecule has 0 aliphatic rings. The Labute approximate surface area is 173 Å². The highest BCUT2D eigenvalue weighted by Crippen LogP contribution is 2.20. The highest BCUT2D eigenvalue weighted by Gasteiger charge is 2.10. The van der Waals surface area contributed by atoms with Crippen molar-refractivity contribution in [2.45, 2.75) is 13.8 Å². The zero-order valence-corrected chi connectivity index (χ0v) is 16.5. The first-order valence-electron chi connectivity index (χ1n) is 8.74. The fraction of sp³-hybridized carbons (Fsp3) is 0.0870. The Hall–Kier alpha value is -4.13. The molecule has 0 aromatic heterocycles. The fourth-order valence-electron chi connectivity index (χ4n) is 1.90. The smallest absolute Gasteiger partial charge is 0.343 e. The molecule has 30 heavy (non-hydrogen) atoms. The quantitative estimate of drug-likeness (QED) is 0.278. The van der Waals surface area contributed by atoms with Crippen LogP contribution in [0.1, 0.15) is 24.2 Å². The summed E-state index contributed by atoms with van der Waals surface area (Å²) >= 11 is 0. The summed E-state index contributed by atoms with van der Waals surface area (Å²) in [5, 5.41) is 0. The van der Waals surface area contributed by atoms with Crippen molar-refractivity contribution in [2.75, 3.05) is 0 Å². The molecule has 0 saturated carbocycles. The van der Waals surface area contributed by atoms with Gasteiger partial charge in [-0.1, -0.05) is 13.2 Å². The molecule has 0 N–H and O–H groups in total. The van der Waals surface area contributed by atoms with Crippen LogP contribution < -0.4 is 14.2 Å². The average Bonchev–Trinajstić information content (AvgIpc) is 2.72. The van der Waals surface area contributed by atoms with Crippen molar-refractivity contribution < 1.29 is 33.3 Å². The van der Waals surface area contributed by atoms with Crippen LogP contribution >= 0.6 is 0 Å². The van der Waals surface area contributed by atoms with Gasteiger partial charge in [0.2, 0.25) is 0 Å². The van der Waals surface area contributed by atoms with E-state index in [-0.39, 0.29) is 16.9 Å². The molecule has 7 nitrogen and oxygen atoms in total. The number of hydrogen-bond acceptors (Lipinski definition) is 7. The zero-order valence-electron chi connectivity index (χ0n) is 16.5. The van der Waals surface area contributed by atoms with E-state index in [9.17, 15) is 14.4 Å².